The van der Waals surface area contributed by atoms with Gasteiger partial charge < -0.3 is 14.9 Å². The molecule has 0 aliphatic rings. The average molecular weight is 311 g/mol. The molecule has 0 saturated carbocycles. The van der Waals surface area contributed by atoms with Crippen LogP contribution in [0.15, 0.2) is 43.0 Å². The van der Waals surface area contributed by atoms with E-state index < -0.39 is 0 Å². The molecule has 6 heteroatoms. The SMILES string of the molecule is CN(C)C(C(=O)NCc1ccc2[nH]ccc2c1)c1cncn1C. The van der Waals surface area contributed by atoms with Crippen molar-refractivity contribution >= 4 is 16.8 Å². The Balaban J connectivity index is 1.73. The Morgan fingerprint density at radius 2 is 2.22 bits per heavy atom. The molecule has 23 heavy (non-hydrogen) atoms. The third-order valence-corrected chi connectivity index (χ3v) is 3.98. The predicted molar refractivity (Wildman–Crippen MR) is 89.8 cm³/mol. The maximum atomic E-state index is 12.6. The van der Waals surface area contributed by atoms with Crippen LogP contribution in [-0.2, 0) is 18.4 Å². The van der Waals surface area contributed by atoms with Gasteiger partial charge in [0.1, 0.15) is 6.04 Å². The van der Waals surface area contributed by atoms with Gasteiger partial charge in [-0.2, -0.15) is 0 Å². The van der Waals surface area contributed by atoms with Gasteiger partial charge in [0.05, 0.1) is 18.2 Å². The van der Waals surface area contributed by atoms with Gasteiger partial charge in [-0.15, -0.1) is 0 Å². The molecule has 0 bridgehead atoms. The second-order valence-corrected chi connectivity index (χ2v) is 5.91. The Hall–Kier alpha value is -2.60. The fourth-order valence-electron chi connectivity index (χ4n) is 2.76. The molecule has 120 valence electrons. The van der Waals surface area contributed by atoms with Gasteiger partial charge in [-0.25, -0.2) is 4.98 Å². The van der Waals surface area contributed by atoms with Crippen LogP contribution in [0.5, 0.6) is 0 Å². The first-order valence-corrected chi connectivity index (χ1v) is 7.52. The number of hydrogen-bond acceptors (Lipinski definition) is 3. The van der Waals surface area contributed by atoms with Crippen molar-refractivity contribution in [3.8, 4) is 0 Å². The van der Waals surface area contributed by atoms with Gasteiger partial charge in [0.25, 0.3) is 0 Å². The molecule has 0 spiro atoms. The van der Waals surface area contributed by atoms with Crippen molar-refractivity contribution in [2.45, 2.75) is 12.6 Å². The number of fused-ring (bicyclic) bond motifs is 1. The number of aromatic nitrogens is 3. The van der Waals surface area contributed by atoms with E-state index in [-0.39, 0.29) is 11.9 Å². The summed E-state index contributed by atoms with van der Waals surface area (Å²) in [6, 6.07) is 7.80. The smallest absolute Gasteiger partial charge is 0.243 e. The number of nitrogens with one attached hydrogen (secondary N) is 2. The molecule has 1 unspecified atom stereocenters. The molecular weight excluding hydrogens is 290 g/mol. The second kappa shape index (κ2) is 6.26. The first-order chi connectivity index (χ1) is 11.1. The number of nitrogens with zero attached hydrogens (tertiary/aromatic N) is 3. The topological polar surface area (TPSA) is 66.0 Å². The maximum absolute atomic E-state index is 12.6. The summed E-state index contributed by atoms with van der Waals surface area (Å²) in [5.41, 5.74) is 3.04. The number of imidazole rings is 1. The van der Waals surface area contributed by atoms with Gasteiger partial charge in [0.2, 0.25) is 5.91 Å². The number of rotatable bonds is 5. The van der Waals surface area contributed by atoms with E-state index in [4.69, 9.17) is 0 Å². The molecule has 0 fully saturated rings. The number of aromatic amines is 1. The third-order valence-electron chi connectivity index (χ3n) is 3.98. The molecule has 2 heterocycles. The maximum Gasteiger partial charge on any atom is 0.243 e. The summed E-state index contributed by atoms with van der Waals surface area (Å²) in [5, 5.41) is 4.17. The molecule has 1 amide bonds. The van der Waals surface area contributed by atoms with Crippen molar-refractivity contribution in [1.82, 2.24) is 24.8 Å². The number of hydrogen-bond donors (Lipinski definition) is 2. The Labute approximate surface area is 135 Å². The van der Waals surface area contributed by atoms with Gasteiger partial charge in [-0.3, -0.25) is 9.69 Å². The molecule has 0 radical (unpaired) electrons. The van der Waals surface area contributed by atoms with Crippen molar-refractivity contribution in [2.75, 3.05) is 14.1 Å². The number of benzene rings is 1. The van der Waals surface area contributed by atoms with Crippen LogP contribution < -0.4 is 5.32 Å². The van der Waals surface area contributed by atoms with Crippen LogP contribution >= 0.6 is 0 Å². The Bertz CT molecular complexity index is 817. The van der Waals surface area contributed by atoms with E-state index in [1.165, 1.54) is 0 Å². The first-order valence-electron chi connectivity index (χ1n) is 7.52. The lowest BCUT2D eigenvalue weighted by Gasteiger charge is -2.23. The minimum Gasteiger partial charge on any atom is -0.361 e. The van der Waals surface area contributed by atoms with Gasteiger partial charge in [-0.1, -0.05) is 6.07 Å². The molecule has 1 aromatic carbocycles. The van der Waals surface area contributed by atoms with E-state index in [0.717, 1.165) is 22.2 Å². The normalized spacial score (nSPS) is 12.7. The van der Waals surface area contributed by atoms with E-state index >= 15 is 0 Å². The van der Waals surface area contributed by atoms with Crippen LogP contribution in [0.3, 0.4) is 0 Å². The summed E-state index contributed by atoms with van der Waals surface area (Å²) in [5.74, 6) is -0.0345. The van der Waals surface area contributed by atoms with Gasteiger partial charge >= 0.3 is 0 Å². The summed E-state index contributed by atoms with van der Waals surface area (Å²) in [6.45, 7) is 0.502. The summed E-state index contributed by atoms with van der Waals surface area (Å²) in [4.78, 5) is 21.8. The van der Waals surface area contributed by atoms with Gasteiger partial charge in [0, 0.05) is 25.3 Å². The van der Waals surface area contributed by atoms with Crippen molar-refractivity contribution in [3.63, 3.8) is 0 Å². The standard InChI is InChI=1S/C17H21N5O/c1-21(2)16(15-10-18-11-22(15)3)17(23)20-9-12-4-5-14-13(8-12)6-7-19-14/h4-8,10-11,16,19H,9H2,1-3H3,(H,20,23). The highest BCUT2D eigenvalue weighted by molar-refractivity contribution is 5.83. The molecule has 3 rings (SSSR count). The lowest BCUT2D eigenvalue weighted by atomic mass is 10.1. The van der Waals surface area contributed by atoms with Crippen LogP contribution in [0.2, 0.25) is 0 Å². The van der Waals surface area contributed by atoms with Gasteiger partial charge in [-0.05, 0) is 43.2 Å². The van der Waals surface area contributed by atoms with Crippen LogP contribution in [0.1, 0.15) is 17.3 Å². The van der Waals surface area contributed by atoms with E-state index in [9.17, 15) is 4.79 Å². The monoisotopic (exact) mass is 311 g/mol. The molecule has 6 nitrogen and oxygen atoms in total. The van der Waals surface area contributed by atoms with Crippen molar-refractivity contribution in [3.05, 3.63) is 54.2 Å². The lowest BCUT2D eigenvalue weighted by Crippen LogP contribution is -2.37. The third kappa shape index (κ3) is 3.12. The van der Waals surface area contributed by atoms with Crippen LogP contribution in [0.4, 0.5) is 0 Å². The molecule has 0 saturated heterocycles. The number of H-pyrrole nitrogens is 1. The Morgan fingerprint density at radius 3 is 2.91 bits per heavy atom. The molecular formula is C17H21N5O. The van der Waals surface area contributed by atoms with E-state index in [2.05, 4.69) is 21.4 Å². The highest BCUT2D eigenvalue weighted by Crippen LogP contribution is 2.18. The molecule has 2 N–H and O–H groups in total. The van der Waals surface area contributed by atoms with Gasteiger partial charge in [0.15, 0.2) is 0 Å². The molecule has 1 atom stereocenters. The Kier molecular flexibility index (Phi) is 4.16. The largest absolute Gasteiger partial charge is 0.361 e. The zero-order valence-corrected chi connectivity index (χ0v) is 13.6. The summed E-state index contributed by atoms with van der Waals surface area (Å²) in [7, 11) is 5.68. The molecule has 2 aromatic heterocycles. The first kappa shape index (κ1) is 15.3. The Morgan fingerprint density at radius 1 is 1.39 bits per heavy atom. The summed E-state index contributed by atoms with van der Waals surface area (Å²) in [6.07, 6.45) is 5.35. The number of carbonyl (C=O) groups is 1. The fourth-order valence-corrected chi connectivity index (χ4v) is 2.76. The van der Waals surface area contributed by atoms with Crippen LogP contribution in [0, 0.1) is 0 Å². The average Bonchev–Trinajstić information content (AvgIpc) is 3.14. The van der Waals surface area contributed by atoms with Crippen molar-refractivity contribution in [2.24, 2.45) is 7.05 Å². The van der Waals surface area contributed by atoms with Crippen molar-refractivity contribution in [1.29, 1.82) is 0 Å². The highest BCUT2D eigenvalue weighted by Gasteiger charge is 2.25. The van der Waals surface area contributed by atoms with Crippen LogP contribution in [0.25, 0.3) is 10.9 Å². The van der Waals surface area contributed by atoms with E-state index in [1.807, 2.05) is 55.0 Å². The second-order valence-electron chi connectivity index (χ2n) is 5.91. The summed E-state index contributed by atoms with van der Waals surface area (Å²) < 4.78 is 1.87. The van der Waals surface area contributed by atoms with E-state index in [0.29, 0.717) is 6.54 Å². The lowest BCUT2D eigenvalue weighted by molar-refractivity contribution is -0.126. The van der Waals surface area contributed by atoms with Crippen LogP contribution in [-0.4, -0.2) is 39.4 Å². The highest BCUT2D eigenvalue weighted by atomic mass is 16.2. The molecule has 0 aliphatic carbocycles. The fraction of sp³-hybridized carbons (Fsp3) is 0.294. The van der Waals surface area contributed by atoms with Crippen molar-refractivity contribution < 1.29 is 4.79 Å². The number of carbonyl (C=O) groups excluding carboxylic acids is 1. The molecule has 0 aliphatic heterocycles. The number of likely N-dealkylation sites (N-methyl/N-ethyl adjacent to an activating group) is 1. The predicted octanol–water partition coefficient (Wildman–Crippen LogP) is 1.82. The quantitative estimate of drug-likeness (QED) is 0.755. The zero-order valence-electron chi connectivity index (χ0n) is 13.6. The summed E-state index contributed by atoms with van der Waals surface area (Å²) >= 11 is 0. The number of aryl methyl sites for hydroxylation is 1. The minimum atomic E-state index is -0.363. The number of amides is 1. The van der Waals surface area contributed by atoms with E-state index in [1.54, 1.807) is 12.5 Å². The minimum absolute atomic E-state index is 0.0345. The molecule has 3 aromatic rings. The zero-order chi connectivity index (χ0) is 16.4.